The minimum Gasteiger partial charge on any atom is -0.373 e. The highest BCUT2D eigenvalue weighted by atomic mass is 15.2. The summed E-state index contributed by atoms with van der Waals surface area (Å²) in [5.74, 6) is 4.44. The van der Waals surface area contributed by atoms with E-state index in [9.17, 15) is 0 Å². The zero-order valence-electron chi connectivity index (χ0n) is 12.2. The molecule has 2 fully saturated rings. The first kappa shape index (κ1) is 12.7. The summed E-state index contributed by atoms with van der Waals surface area (Å²) in [5.41, 5.74) is 0. The summed E-state index contributed by atoms with van der Waals surface area (Å²) in [6.45, 7) is 5.79. The third-order valence-electron chi connectivity index (χ3n) is 4.60. The smallest absolute Gasteiger partial charge is 0.136 e. The second-order valence-electron chi connectivity index (χ2n) is 6.05. The Hall–Kier alpha value is -1.32. The van der Waals surface area contributed by atoms with Crippen LogP contribution in [0.2, 0.25) is 0 Å². The molecule has 2 aliphatic rings. The first-order valence-corrected chi connectivity index (χ1v) is 7.52. The monoisotopic (exact) mass is 260 g/mol. The van der Waals surface area contributed by atoms with Crippen LogP contribution in [0, 0.1) is 5.92 Å². The van der Waals surface area contributed by atoms with E-state index in [-0.39, 0.29) is 0 Å². The van der Waals surface area contributed by atoms with E-state index in [1.165, 1.54) is 25.7 Å². The van der Waals surface area contributed by atoms with Crippen LogP contribution < -0.4 is 10.2 Å². The van der Waals surface area contributed by atoms with Gasteiger partial charge in [0.25, 0.3) is 0 Å². The third-order valence-corrected chi connectivity index (χ3v) is 4.60. The van der Waals surface area contributed by atoms with Crippen LogP contribution in [0.1, 0.15) is 51.3 Å². The van der Waals surface area contributed by atoms with Gasteiger partial charge in [0.1, 0.15) is 17.5 Å². The number of hydrogen-bond donors (Lipinski definition) is 1. The quantitative estimate of drug-likeness (QED) is 0.907. The van der Waals surface area contributed by atoms with E-state index in [2.05, 4.69) is 35.1 Å². The second-order valence-corrected chi connectivity index (χ2v) is 6.05. The molecule has 2 atom stereocenters. The van der Waals surface area contributed by atoms with Gasteiger partial charge in [-0.25, -0.2) is 9.97 Å². The molecule has 0 aromatic carbocycles. The predicted molar refractivity (Wildman–Crippen MR) is 78.8 cm³/mol. The maximum absolute atomic E-state index is 4.83. The lowest BCUT2D eigenvalue weighted by Gasteiger charge is -2.39. The van der Waals surface area contributed by atoms with Crippen molar-refractivity contribution < 1.29 is 0 Å². The molecule has 1 saturated carbocycles. The minimum absolute atomic E-state index is 0.570. The van der Waals surface area contributed by atoms with Gasteiger partial charge in [-0.3, -0.25) is 0 Å². The lowest BCUT2D eigenvalue weighted by Crippen LogP contribution is -2.43. The maximum Gasteiger partial charge on any atom is 0.136 e. The van der Waals surface area contributed by atoms with Gasteiger partial charge >= 0.3 is 0 Å². The molecule has 3 rings (SSSR count). The zero-order chi connectivity index (χ0) is 13.4. The minimum atomic E-state index is 0.570. The number of nitrogens with one attached hydrogen (secondary N) is 1. The Bertz CT molecular complexity index is 455. The van der Waals surface area contributed by atoms with Crippen LogP contribution >= 0.6 is 0 Å². The van der Waals surface area contributed by atoms with Crippen LogP contribution in [0.3, 0.4) is 0 Å². The summed E-state index contributed by atoms with van der Waals surface area (Å²) in [6.07, 6.45) is 5.09. The Morgan fingerprint density at radius 2 is 2.00 bits per heavy atom. The van der Waals surface area contributed by atoms with Crippen LogP contribution in [0.4, 0.5) is 11.6 Å². The highest BCUT2D eigenvalue weighted by Crippen LogP contribution is 2.39. The molecule has 2 unspecified atom stereocenters. The van der Waals surface area contributed by atoms with E-state index >= 15 is 0 Å². The summed E-state index contributed by atoms with van der Waals surface area (Å²) in [5, 5.41) is 3.18. The largest absolute Gasteiger partial charge is 0.373 e. The van der Waals surface area contributed by atoms with Gasteiger partial charge in [-0.15, -0.1) is 0 Å². The van der Waals surface area contributed by atoms with Crippen molar-refractivity contribution in [1.82, 2.24) is 9.97 Å². The van der Waals surface area contributed by atoms with Crippen molar-refractivity contribution in [3.05, 3.63) is 11.9 Å². The van der Waals surface area contributed by atoms with Gasteiger partial charge in [0.05, 0.1) is 0 Å². The van der Waals surface area contributed by atoms with Gasteiger partial charge in [-0.05, 0) is 38.5 Å². The molecular weight excluding hydrogens is 236 g/mol. The second kappa shape index (κ2) is 4.99. The van der Waals surface area contributed by atoms with Crippen molar-refractivity contribution in [2.45, 2.75) is 51.5 Å². The average Bonchev–Trinajstić information content (AvgIpc) is 3.26. The summed E-state index contributed by atoms with van der Waals surface area (Å²) in [4.78, 5) is 11.9. The first-order chi connectivity index (χ1) is 9.19. The van der Waals surface area contributed by atoms with Crippen LogP contribution in [0.15, 0.2) is 6.07 Å². The number of piperidine rings is 1. The molecule has 0 bridgehead atoms. The van der Waals surface area contributed by atoms with Gasteiger partial charge in [0.2, 0.25) is 0 Å². The lowest BCUT2D eigenvalue weighted by molar-refractivity contribution is 0.361. The van der Waals surface area contributed by atoms with Gasteiger partial charge in [0, 0.05) is 31.6 Å². The molecule has 1 N–H and O–H groups in total. The first-order valence-electron chi connectivity index (χ1n) is 7.52. The van der Waals surface area contributed by atoms with E-state index < -0.39 is 0 Å². The average molecular weight is 260 g/mol. The van der Waals surface area contributed by atoms with Gasteiger partial charge in [0.15, 0.2) is 0 Å². The van der Waals surface area contributed by atoms with Gasteiger partial charge < -0.3 is 10.2 Å². The van der Waals surface area contributed by atoms with Crippen LogP contribution in [-0.2, 0) is 0 Å². The molecule has 104 valence electrons. The van der Waals surface area contributed by atoms with Crippen molar-refractivity contribution in [2.75, 3.05) is 23.8 Å². The Labute approximate surface area is 115 Å². The van der Waals surface area contributed by atoms with Crippen LogP contribution in [-0.4, -0.2) is 29.6 Å². The highest BCUT2D eigenvalue weighted by Gasteiger charge is 2.30. The number of aromatic nitrogens is 2. The van der Waals surface area contributed by atoms with E-state index in [4.69, 9.17) is 4.98 Å². The normalized spacial score (nSPS) is 27.4. The van der Waals surface area contributed by atoms with E-state index in [1.807, 2.05) is 7.05 Å². The number of nitrogens with zero attached hydrogens (tertiary/aromatic N) is 3. The molecule has 4 heteroatoms. The number of rotatable bonds is 3. The topological polar surface area (TPSA) is 41.0 Å². The lowest BCUT2D eigenvalue weighted by atomic mass is 9.92. The van der Waals surface area contributed by atoms with Crippen molar-refractivity contribution in [3.8, 4) is 0 Å². The van der Waals surface area contributed by atoms with Gasteiger partial charge in [-0.1, -0.05) is 6.92 Å². The standard InChI is InChI=1S/C15H24N4/c1-10-5-4-8-19(11(10)2)14-9-13(16-3)17-15(18-14)12-6-7-12/h9-12H,4-8H2,1-3H3,(H,16,17,18). The van der Waals surface area contributed by atoms with Crippen molar-refractivity contribution >= 4 is 11.6 Å². The molecule has 0 spiro atoms. The molecule has 1 aromatic rings. The molecule has 1 saturated heterocycles. The maximum atomic E-state index is 4.83. The highest BCUT2D eigenvalue weighted by molar-refractivity contribution is 5.50. The summed E-state index contributed by atoms with van der Waals surface area (Å²) in [7, 11) is 1.94. The molecule has 1 aliphatic carbocycles. The Kier molecular flexibility index (Phi) is 3.33. The molecule has 2 heterocycles. The summed E-state index contributed by atoms with van der Waals surface area (Å²) >= 11 is 0. The van der Waals surface area contributed by atoms with E-state index in [1.54, 1.807) is 0 Å². The van der Waals surface area contributed by atoms with Crippen molar-refractivity contribution in [3.63, 3.8) is 0 Å². The fourth-order valence-electron chi connectivity index (χ4n) is 2.91. The molecule has 0 radical (unpaired) electrons. The molecule has 19 heavy (non-hydrogen) atoms. The van der Waals surface area contributed by atoms with Crippen LogP contribution in [0.5, 0.6) is 0 Å². The van der Waals surface area contributed by atoms with E-state index in [0.29, 0.717) is 12.0 Å². The van der Waals surface area contributed by atoms with E-state index in [0.717, 1.165) is 29.9 Å². The molecule has 4 nitrogen and oxygen atoms in total. The predicted octanol–water partition coefficient (Wildman–Crippen LogP) is 3.02. The molecule has 1 aliphatic heterocycles. The Morgan fingerprint density at radius 1 is 1.21 bits per heavy atom. The summed E-state index contributed by atoms with van der Waals surface area (Å²) in [6, 6.07) is 2.67. The fraction of sp³-hybridized carbons (Fsp3) is 0.733. The molecule has 0 amide bonds. The molecular formula is C15H24N4. The number of hydrogen-bond acceptors (Lipinski definition) is 4. The Morgan fingerprint density at radius 3 is 2.68 bits per heavy atom. The van der Waals surface area contributed by atoms with Crippen LogP contribution in [0.25, 0.3) is 0 Å². The van der Waals surface area contributed by atoms with Gasteiger partial charge in [-0.2, -0.15) is 0 Å². The number of anilines is 2. The zero-order valence-corrected chi connectivity index (χ0v) is 12.2. The van der Waals surface area contributed by atoms with Crippen molar-refractivity contribution in [1.29, 1.82) is 0 Å². The fourth-order valence-corrected chi connectivity index (χ4v) is 2.91. The van der Waals surface area contributed by atoms with Crippen molar-refractivity contribution in [2.24, 2.45) is 5.92 Å². The Balaban J connectivity index is 1.91. The SMILES string of the molecule is CNc1cc(N2CCCC(C)C2C)nc(C2CC2)n1. The summed E-state index contributed by atoms with van der Waals surface area (Å²) < 4.78 is 0. The molecule has 1 aromatic heterocycles. The third kappa shape index (κ3) is 2.53.